The molecule has 1 aliphatic carbocycles. The van der Waals surface area contributed by atoms with Gasteiger partial charge in [-0.1, -0.05) is 24.3 Å². The summed E-state index contributed by atoms with van der Waals surface area (Å²) in [5.41, 5.74) is 2.73. The highest BCUT2D eigenvalue weighted by Gasteiger charge is 2.24. The lowest BCUT2D eigenvalue weighted by atomic mass is 10.1. The number of carbonyl (C=O) groups is 1. The monoisotopic (exact) mass is 260 g/mol. The largest absolute Gasteiger partial charge is 0.375 e. The number of rotatable bonds is 3. The van der Waals surface area contributed by atoms with Gasteiger partial charge in [0.15, 0.2) is 0 Å². The number of hydrogen-bond acceptors (Lipinski definition) is 3. The molecule has 0 aromatic heterocycles. The Balaban J connectivity index is 1.49. The van der Waals surface area contributed by atoms with Crippen molar-refractivity contribution in [3.8, 4) is 0 Å². The van der Waals surface area contributed by atoms with Crippen LogP contribution >= 0.6 is 0 Å². The second-order valence-corrected chi connectivity index (χ2v) is 5.34. The first-order valence-electron chi connectivity index (χ1n) is 7.00. The quantitative estimate of drug-likeness (QED) is 0.839. The molecule has 102 valence electrons. The summed E-state index contributed by atoms with van der Waals surface area (Å²) in [5, 5.41) is 6.37. The molecule has 1 unspecified atom stereocenters. The highest BCUT2D eigenvalue weighted by molar-refractivity contribution is 5.77. The van der Waals surface area contributed by atoms with Crippen LogP contribution in [0.15, 0.2) is 24.3 Å². The van der Waals surface area contributed by atoms with Gasteiger partial charge >= 0.3 is 0 Å². The van der Waals surface area contributed by atoms with Gasteiger partial charge in [-0.15, -0.1) is 0 Å². The smallest absolute Gasteiger partial charge is 0.222 e. The zero-order valence-electron chi connectivity index (χ0n) is 11.0. The van der Waals surface area contributed by atoms with Crippen molar-refractivity contribution in [2.75, 3.05) is 19.7 Å². The van der Waals surface area contributed by atoms with E-state index in [2.05, 4.69) is 34.9 Å². The summed E-state index contributed by atoms with van der Waals surface area (Å²) in [5.74, 6) is 0.103. The summed E-state index contributed by atoms with van der Waals surface area (Å²) < 4.78 is 5.55. The van der Waals surface area contributed by atoms with Crippen molar-refractivity contribution in [1.29, 1.82) is 0 Å². The summed E-state index contributed by atoms with van der Waals surface area (Å²) in [6.45, 7) is 2.36. The number of fused-ring (bicyclic) bond motifs is 1. The van der Waals surface area contributed by atoms with E-state index in [1.54, 1.807) is 0 Å². The lowest BCUT2D eigenvalue weighted by Crippen LogP contribution is -2.43. The van der Waals surface area contributed by atoms with Crippen LogP contribution < -0.4 is 10.6 Å². The lowest BCUT2D eigenvalue weighted by molar-refractivity contribution is -0.125. The summed E-state index contributed by atoms with van der Waals surface area (Å²) in [6, 6.07) is 8.67. The Morgan fingerprint density at radius 2 is 2.05 bits per heavy atom. The molecule has 1 aromatic rings. The Labute approximate surface area is 113 Å². The molecule has 4 heteroatoms. The molecule has 0 radical (unpaired) electrons. The summed E-state index contributed by atoms with van der Waals surface area (Å²) >= 11 is 0. The molecule has 0 bridgehead atoms. The molecule has 3 rings (SSSR count). The Kier molecular flexibility index (Phi) is 3.80. The van der Waals surface area contributed by atoms with Crippen molar-refractivity contribution < 1.29 is 9.53 Å². The molecular weight excluding hydrogens is 240 g/mol. The Hall–Kier alpha value is -1.39. The highest BCUT2D eigenvalue weighted by Crippen LogP contribution is 2.21. The average molecular weight is 260 g/mol. The van der Waals surface area contributed by atoms with Gasteiger partial charge in [-0.3, -0.25) is 4.79 Å². The van der Waals surface area contributed by atoms with E-state index in [4.69, 9.17) is 4.74 Å². The van der Waals surface area contributed by atoms with Crippen LogP contribution in [0, 0.1) is 0 Å². The summed E-state index contributed by atoms with van der Waals surface area (Å²) in [6.07, 6.45) is 2.38. The van der Waals surface area contributed by atoms with Gasteiger partial charge < -0.3 is 15.4 Å². The number of ether oxygens (including phenoxy) is 1. The molecule has 2 N–H and O–H groups in total. The van der Waals surface area contributed by atoms with E-state index in [1.165, 1.54) is 11.1 Å². The van der Waals surface area contributed by atoms with Gasteiger partial charge in [-0.25, -0.2) is 0 Å². The molecule has 1 fully saturated rings. The van der Waals surface area contributed by atoms with Gasteiger partial charge in [0, 0.05) is 19.1 Å². The number of carbonyl (C=O) groups excluding carboxylic acids is 1. The van der Waals surface area contributed by atoms with Crippen LogP contribution in [-0.2, 0) is 22.4 Å². The van der Waals surface area contributed by atoms with Gasteiger partial charge in [0.25, 0.3) is 0 Å². The zero-order chi connectivity index (χ0) is 13.1. The van der Waals surface area contributed by atoms with E-state index in [0.29, 0.717) is 13.0 Å². The van der Waals surface area contributed by atoms with Crippen LogP contribution in [0.25, 0.3) is 0 Å². The van der Waals surface area contributed by atoms with Crippen LogP contribution in [0.3, 0.4) is 0 Å². The van der Waals surface area contributed by atoms with Crippen molar-refractivity contribution in [2.45, 2.75) is 31.4 Å². The normalized spacial score (nSPS) is 23.1. The standard InChI is InChI=1S/C15H20N2O2/c18-15(9-14-10-16-5-6-19-14)17-13-7-11-3-1-2-4-12(11)8-13/h1-4,13-14,16H,5-10H2,(H,17,18). The van der Waals surface area contributed by atoms with Gasteiger partial charge in [-0.2, -0.15) is 0 Å². The van der Waals surface area contributed by atoms with E-state index >= 15 is 0 Å². The first-order chi connectivity index (χ1) is 9.31. The van der Waals surface area contributed by atoms with E-state index in [1.807, 2.05) is 0 Å². The summed E-state index contributed by atoms with van der Waals surface area (Å²) in [7, 11) is 0. The third-order valence-electron chi connectivity index (χ3n) is 3.83. The number of amides is 1. The molecule has 1 aliphatic heterocycles. The predicted octanol–water partition coefficient (Wildman–Crippen LogP) is 0.649. The van der Waals surface area contributed by atoms with E-state index in [0.717, 1.165) is 25.9 Å². The first-order valence-corrected chi connectivity index (χ1v) is 7.00. The molecule has 0 spiro atoms. The Morgan fingerprint density at radius 3 is 2.68 bits per heavy atom. The fourth-order valence-electron chi connectivity index (χ4n) is 2.91. The van der Waals surface area contributed by atoms with Gasteiger partial charge in [0.2, 0.25) is 5.91 Å². The van der Waals surface area contributed by atoms with Gasteiger partial charge in [0.1, 0.15) is 0 Å². The van der Waals surface area contributed by atoms with Crippen molar-refractivity contribution in [3.05, 3.63) is 35.4 Å². The van der Waals surface area contributed by atoms with Gasteiger partial charge in [0.05, 0.1) is 19.1 Å². The number of benzene rings is 1. The maximum Gasteiger partial charge on any atom is 0.222 e. The highest BCUT2D eigenvalue weighted by atomic mass is 16.5. The van der Waals surface area contributed by atoms with Crippen LogP contribution in [0.5, 0.6) is 0 Å². The minimum atomic E-state index is 0.0255. The first kappa shape index (κ1) is 12.6. The van der Waals surface area contributed by atoms with Crippen LogP contribution in [-0.4, -0.2) is 37.7 Å². The second-order valence-electron chi connectivity index (χ2n) is 5.34. The minimum absolute atomic E-state index is 0.0255. The maximum absolute atomic E-state index is 12.0. The molecular formula is C15H20N2O2. The molecule has 1 amide bonds. The molecule has 2 aliphatic rings. The molecule has 4 nitrogen and oxygen atoms in total. The lowest BCUT2D eigenvalue weighted by Gasteiger charge is -2.23. The van der Waals surface area contributed by atoms with Gasteiger partial charge in [-0.05, 0) is 24.0 Å². The third kappa shape index (κ3) is 3.14. The van der Waals surface area contributed by atoms with Crippen LogP contribution in [0.2, 0.25) is 0 Å². The van der Waals surface area contributed by atoms with Crippen LogP contribution in [0.4, 0.5) is 0 Å². The predicted molar refractivity (Wildman–Crippen MR) is 73.0 cm³/mol. The van der Waals surface area contributed by atoms with E-state index in [9.17, 15) is 4.79 Å². The fourth-order valence-corrected chi connectivity index (χ4v) is 2.91. The van der Waals surface area contributed by atoms with E-state index < -0.39 is 0 Å². The summed E-state index contributed by atoms with van der Waals surface area (Å²) in [4.78, 5) is 12.0. The molecule has 0 saturated carbocycles. The van der Waals surface area contributed by atoms with Crippen molar-refractivity contribution in [1.82, 2.24) is 10.6 Å². The molecule has 1 heterocycles. The molecule has 1 saturated heterocycles. The Bertz CT molecular complexity index is 430. The third-order valence-corrected chi connectivity index (χ3v) is 3.83. The van der Waals surface area contributed by atoms with E-state index in [-0.39, 0.29) is 18.1 Å². The maximum atomic E-state index is 12.0. The van der Waals surface area contributed by atoms with Crippen molar-refractivity contribution in [3.63, 3.8) is 0 Å². The average Bonchev–Trinajstić information content (AvgIpc) is 2.81. The minimum Gasteiger partial charge on any atom is -0.375 e. The van der Waals surface area contributed by atoms with Crippen molar-refractivity contribution >= 4 is 5.91 Å². The zero-order valence-corrected chi connectivity index (χ0v) is 11.0. The van der Waals surface area contributed by atoms with Crippen LogP contribution in [0.1, 0.15) is 17.5 Å². The second kappa shape index (κ2) is 5.72. The number of morpholine rings is 1. The molecule has 19 heavy (non-hydrogen) atoms. The molecule has 1 atom stereocenters. The fraction of sp³-hybridized carbons (Fsp3) is 0.533. The SMILES string of the molecule is O=C(CC1CNCCO1)NC1Cc2ccccc2C1. The topological polar surface area (TPSA) is 50.4 Å². The Morgan fingerprint density at radius 1 is 1.32 bits per heavy atom. The molecule has 1 aromatic carbocycles. The number of hydrogen-bond donors (Lipinski definition) is 2. The van der Waals surface area contributed by atoms with Crippen molar-refractivity contribution in [2.24, 2.45) is 0 Å². The number of nitrogens with one attached hydrogen (secondary N) is 2.